The summed E-state index contributed by atoms with van der Waals surface area (Å²) in [7, 11) is 1.99. The maximum Gasteiger partial charge on any atom is 0.169 e. The molecule has 0 atom stereocenters. The molecule has 0 unspecified atom stereocenters. The first-order chi connectivity index (χ1) is 7.58. The summed E-state index contributed by atoms with van der Waals surface area (Å²) < 4.78 is 5.13. The molecule has 2 rings (SSSR count). The molecule has 1 aromatic heterocycles. The maximum atomic E-state index is 5.32. The van der Waals surface area contributed by atoms with E-state index in [2.05, 4.69) is 10.5 Å². The molecule has 0 aromatic carbocycles. The van der Waals surface area contributed by atoms with E-state index >= 15 is 0 Å². The number of nitrogens with zero attached hydrogens (tertiary/aromatic N) is 2. The summed E-state index contributed by atoms with van der Waals surface area (Å²) in [6, 6.07) is 0.597. The standard InChI is InChI=1S/C11H17N3OS/c1-7-10(8(2)15-13-7)6-14(3)11(16)12-9-4-5-9/h9H,4-6H2,1-3H3,(H,12,16). The Labute approximate surface area is 101 Å². The third-order valence-electron chi connectivity index (χ3n) is 2.83. The average Bonchev–Trinajstić information content (AvgIpc) is 3.00. The smallest absolute Gasteiger partial charge is 0.169 e. The molecule has 0 bridgehead atoms. The summed E-state index contributed by atoms with van der Waals surface area (Å²) in [5, 5.41) is 8.06. The van der Waals surface area contributed by atoms with Crippen molar-refractivity contribution in [3.63, 3.8) is 0 Å². The molecule has 88 valence electrons. The lowest BCUT2D eigenvalue weighted by molar-refractivity contribution is 0.389. The number of nitrogens with one attached hydrogen (secondary N) is 1. The molecule has 1 saturated carbocycles. The minimum atomic E-state index is 0.597. The summed E-state index contributed by atoms with van der Waals surface area (Å²) in [6.07, 6.45) is 2.47. The van der Waals surface area contributed by atoms with Gasteiger partial charge in [-0.25, -0.2) is 0 Å². The number of rotatable bonds is 3. The van der Waals surface area contributed by atoms with Gasteiger partial charge in [0.15, 0.2) is 5.11 Å². The SMILES string of the molecule is Cc1noc(C)c1CN(C)C(=S)NC1CC1. The second kappa shape index (κ2) is 4.41. The molecule has 1 fully saturated rings. The molecule has 0 spiro atoms. The minimum Gasteiger partial charge on any atom is -0.361 e. The van der Waals surface area contributed by atoms with Crippen LogP contribution in [0, 0.1) is 13.8 Å². The van der Waals surface area contributed by atoms with Crippen molar-refractivity contribution in [1.82, 2.24) is 15.4 Å². The highest BCUT2D eigenvalue weighted by molar-refractivity contribution is 7.80. The summed E-state index contributed by atoms with van der Waals surface area (Å²) in [5.41, 5.74) is 2.07. The quantitative estimate of drug-likeness (QED) is 0.814. The van der Waals surface area contributed by atoms with Gasteiger partial charge >= 0.3 is 0 Å². The molecule has 0 saturated heterocycles. The van der Waals surface area contributed by atoms with Crippen LogP contribution < -0.4 is 5.32 Å². The molecule has 0 radical (unpaired) electrons. The lowest BCUT2D eigenvalue weighted by Crippen LogP contribution is -2.37. The van der Waals surface area contributed by atoms with Gasteiger partial charge in [0.1, 0.15) is 5.76 Å². The van der Waals surface area contributed by atoms with Crippen molar-refractivity contribution in [2.75, 3.05) is 7.05 Å². The summed E-state index contributed by atoms with van der Waals surface area (Å²) >= 11 is 5.32. The highest BCUT2D eigenvalue weighted by Crippen LogP contribution is 2.19. The zero-order valence-electron chi connectivity index (χ0n) is 9.91. The Morgan fingerprint density at radius 2 is 2.25 bits per heavy atom. The van der Waals surface area contributed by atoms with E-state index in [-0.39, 0.29) is 0 Å². The van der Waals surface area contributed by atoms with Crippen molar-refractivity contribution in [1.29, 1.82) is 0 Å². The van der Waals surface area contributed by atoms with Crippen molar-refractivity contribution in [3.8, 4) is 0 Å². The van der Waals surface area contributed by atoms with Crippen LogP contribution in [0.1, 0.15) is 29.9 Å². The second-order valence-corrected chi connectivity index (χ2v) is 4.77. The first-order valence-corrected chi connectivity index (χ1v) is 5.92. The third kappa shape index (κ3) is 2.52. The van der Waals surface area contributed by atoms with Gasteiger partial charge in [0.2, 0.25) is 0 Å². The predicted molar refractivity (Wildman–Crippen MR) is 66.2 cm³/mol. The van der Waals surface area contributed by atoms with Crippen LogP contribution in [0.25, 0.3) is 0 Å². The van der Waals surface area contributed by atoms with Crippen molar-refractivity contribution in [3.05, 3.63) is 17.0 Å². The van der Waals surface area contributed by atoms with Crippen molar-refractivity contribution < 1.29 is 4.52 Å². The molecular weight excluding hydrogens is 222 g/mol. The monoisotopic (exact) mass is 239 g/mol. The molecule has 0 aliphatic heterocycles. The van der Waals surface area contributed by atoms with Gasteiger partial charge < -0.3 is 14.7 Å². The molecule has 1 aliphatic rings. The fourth-order valence-electron chi connectivity index (χ4n) is 1.55. The normalized spacial score (nSPS) is 14.9. The van der Waals surface area contributed by atoms with E-state index in [4.69, 9.17) is 16.7 Å². The largest absolute Gasteiger partial charge is 0.361 e. The highest BCUT2D eigenvalue weighted by atomic mass is 32.1. The van der Waals surface area contributed by atoms with Crippen LogP contribution in [0.4, 0.5) is 0 Å². The summed E-state index contributed by atoms with van der Waals surface area (Å²) in [6.45, 7) is 4.64. The predicted octanol–water partition coefficient (Wildman–Crippen LogP) is 1.76. The fraction of sp³-hybridized carbons (Fsp3) is 0.636. The van der Waals surface area contributed by atoms with E-state index in [0.29, 0.717) is 6.04 Å². The maximum absolute atomic E-state index is 5.32. The zero-order chi connectivity index (χ0) is 11.7. The van der Waals surface area contributed by atoms with Gasteiger partial charge in [-0.3, -0.25) is 0 Å². The van der Waals surface area contributed by atoms with Gasteiger partial charge in [0, 0.05) is 18.7 Å². The number of hydrogen-bond acceptors (Lipinski definition) is 3. The van der Waals surface area contributed by atoms with E-state index in [1.54, 1.807) is 0 Å². The van der Waals surface area contributed by atoms with Crippen LogP contribution >= 0.6 is 12.2 Å². The molecular formula is C11H17N3OS. The van der Waals surface area contributed by atoms with Crippen molar-refractivity contribution >= 4 is 17.3 Å². The molecule has 1 heterocycles. The fourth-order valence-corrected chi connectivity index (χ4v) is 1.78. The Morgan fingerprint density at radius 3 is 2.75 bits per heavy atom. The topological polar surface area (TPSA) is 41.3 Å². The van der Waals surface area contributed by atoms with E-state index in [1.165, 1.54) is 12.8 Å². The molecule has 1 aliphatic carbocycles. The molecule has 1 N–H and O–H groups in total. The van der Waals surface area contributed by atoms with E-state index < -0.39 is 0 Å². The molecule has 5 heteroatoms. The molecule has 4 nitrogen and oxygen atoms in total. The Hall–Kier alpha value is -1.10. The van der Waals surface area contributed by atoms with Crippen LogP contribution in [0.5, 0.6) is 0 Å². The van der Waals surface area contributed by atoms with Crippen LogP contribution in [-0.2, 0) is 6.54 Å². The third-order valence-corrected chi connectivity index (χ3v) is 3.26. The lowest BCUT2D eigenvalue weighted by Gasteiger charge is -2.20. The number of aromatic nitrogens is 1. The molecule has 1 aromatic rings. The minimum absolute atomic E-state index is 0.597. The van der Waals surface area contributed by atoms with Gasteiger partial charge in [-0.1, -0.05) is 5.16 Å². The Morgan fingerprint density at radius 1 is 1.56 bits per heavy atom. The van der Waals surface area contributed by atoms with E-state index in [9.17, 15) is 0 Å². The van der Waals surface area contributed by atoms with Crippen LogP contribution in [-0.4, -0.2) is 28.3 Å². The first-order valence-electron chi connectivity index (χ1n) is 5.51. The van der Waals surface area contributed by atoms with Gasteiger partial charge in [-0.2, -0.15) is 0 Å². The number of hydrogen-bond donors (Lipinski definition) is 1. The van der Waals surface area contributed by atoms with Crippen LogP contribution in [0.3, 0.4) is 0 Å². The Bertz CT molecular complexity index is 378. The van der Waals surface area contributed by atoms with Gasteiger partial charge in [-0.15, -0.1) is 0 Å². The highest BCUT2D eigenvalue weighted by Gasteiger charge is 2.23. The van der Waals surface area contributed by atoms with E-state index in [1.807, 2.05) is 25.8 Å². The van der Waals surface area contributed by atoms with Crippen LogP contribution in [0.2, 0.25) is 0 Å². The summed E-state index contributed by atoms with van der Waals surface area (Å²) in [5.74, 6) is 0.874. The van der Waals surface area contributed by atoms with Crippen molar-refractivity contribution in [2.24, 2.45) is 0 Å². The Kier molecular flexibility index (Phi) is 3.14. The zero-order valence-corrected chi connectivity index (χ0v) is 10.7. The summed E-state index contributed by atoms with van der Waals surface area (Å²) in [4.78, 5) is 2.03. The molecule has 0 amide bonds. The van der Waals surface area contributed by atoms with Crippen molar-refractivity contribution in [2.45, 2.75) is 39.3 Å². The first kappa shape index (κ1) is 11.4. The number of thiocarbonyl (C=S) groups is 1. The lowest BCUT2D eigenvalue weighted by atomic mass is 10.2. The Balaban J connectivity index is 1.95. The van der Waals surface area contributed by atoms with Crippen LogP contribution in [0.15, 0.2) is 4.52 Å². The molecule has 16 heavy (non-hydrogen) atoms. The van der Waals surface area contributed by atoms with Gasteiger partial charge in [0.05, 0.1) is 12.2 Å². The number of aryl methyl sites for hydroxylation is 2. The second-order valence-electron chi connectivity index (χ2n) is 4.38. The van der Waals surface area contributed by atoms with Gasteiger partial charge in [-0.05, 0) is 38.9 Å². The average molecular weight is 239 g/mol. The van der Waals surface area contributed by atoms with E-state index in [0.717, 1.165) is 28.7 Å². The van der Waals surface area contributed by atoms with Gasteiger partial charge in [0.25, 0.3) is 0 Å².